The molecule has 0 saturated heterocycles. The van der Waals surface area contributed by atoms with Gasteiger partial charge in [0.2, 0.25) is 0 Å². The fourth-order valence-corrected chi connectivity index (χ4v) is 2.60. The molecule has 0 unspecified atom stereocenters. The summed E-state index contributed by atoms with van der Waals surface area (Å²) in [5.41, 5.74) is 5.75. The van der Waals surface area contributed by atoms with Crippen LogP contribution in [0.5, 0.6) is 0 Å². The maximum Gasteiger partial charge on any atom is 0.133 e. The first-order valence-corrected chi connectivity index (χ1v) is 6.98. The number of thiophene rings is 1. The highest BCUT2D eigenvalue weighted by atomic mass is 35.5. The molecule has 0 bridgehead atoms. The minimum Gasteiger partial charge on any atom is -0.384 e. The van der Waals surface area contributed by atoms with Gasteiger partial charge in [-0.3, -0.25) is 0 Å². The molecule has 4 nitrogen and oxygen atoms in total. The summed E-state index contributed by atoms with van der Waals surface area (Å²) in [4.78, 5) is 9.77. The Morgan fingerprint density at radius 1 is 1.39 bits per heavy atom. The van der Waals surface area contributed by atoms with Crippen molar-refractivity contribution in [3.8, 4) is 0 Å². The smallest absolute Gasteiger partial charge is 0.133 e. The number of hydrogen-bond acceptors (Lipinski definition) is 5. The largest absolute Gasteiger partial charge is 0.384 e. The Kier molecular flexibility index (Phi) is 4.38. The van der Waals surface area contributed by atoms with Crippen molar-refractivity contribution in [1.82, 2.24) is 9.97 Å². The van der Waals surface area contributed by atoms with Crippen molar-refractivity contribution in [2.24, 2.45) is 0 Å². The predicted octanol–water partition coefficient (Wildman–Crippen LogP) is 3.34. The summed E-state index contributed by atoms with van der Waals surface area (Å²) >= 11 is 7.43. The fraction of sp³-hybridized carbons (Fsp3) is 0.333. The van der Waals surface area contributed by atoms with Gasteiger partial charge in [-0.1, -0.05) is 18.5 Å². The molecular formula is C12H15ClN4S. The molecule has 96 valence electrons. The SMILES string of the molecule is CCCc1nc(N)cc(NCc2ccc(Cl)s2)n1. The lowest BCUT2D eigenvalue weighted by Gasteiger charge is -2.07. The lowest BCUT2D eigenvalue weighted by atomic mass is 10.3. The van der Waals surface area contributed by atoms with Crippen molar-refractivity contribution in [2.75, 3.05) is 11.1 Å². The van der Waals surface area contributed by atoms with E-state index in [0.29, 0.717) is 12.4 Å². The summed E-state index contributed by atoms with van der Waals surface area (Å²) in [6.07, 6.45) is 1.84. The molecule has 3 N–H and O–H groups in total. The molecule has 18 heavy (non-hydrogen) atoms. The van der Waals surface area contributed by atoms with Crippen molar-refractivity contribution in [1.29, 1.82) is 0 Å². The number of nitrogens with two attached hydrogens (primary N) is 1. The highest BCUT2D eigenvalue weighted by Crippen LogP contribution is 2.22. The number of nitrogens with one attached hydrogen (secondary N) is 1. The van der Waals surface area contributed by atoms with Crippen LogP contribution in [0, 0.1) is 0 Å². The van der Waals surface area contributed by atoms with Gasteiger partial charge >= 0.3 is 0 Å². The summed E-state index contributed by atoms with van der Waals surface area (Å²) in [5.74, 6) is 2.04. The average Bonchev–Trinajstić information content (AvgIpc) is 2.72. The van der Waals surface area contributed by atoms with Crippen molar-refractivity contribution in [3.63, 3.8) is 0 Å². The molecule has 0 saturated carbocycles. The number of anilines is 2. The van der Waals surface area contributed by atoms with Crippen molar-refractivity contribution >= 4 is 34.6 Å². The van der Waals surface area contributed by atoms with E-state index in [2.05, 4.69) is 22.2 Å². The number of hydrogen-bond donors (Lipinski definition) is 2. The first-order chi connectivity index (χ1) is 8.67. The number of halogens is 1. The molecule has 0 aliphatic heterocycles. The van der Waals surface area contributed by atoms with E-state index in [1.165, 1.54) is 0 Å². The van der Waals surface area contributed by atoms with Crippen LogP contribution in [0.15, 0.2) is 18.2 Å². The summed E-state index contributed by atoms with van der Waals surface area (Å²) < 4.78 is 0.792. The van der Waals surface area contributed by atoms with Gasteiger partial charge in [0.15, 0.2) is 0 Å². The number of rotatable bonds is 5. The highest BCUT2D eigenvalue weighted by molar-refractivity contribution is 7.16. The van der Waals surface area contributed by atoms with E-state index in [1.54, 1.807) is 17.4 Å². The summed E-state index contributed by atoms with van der Waals surface area (Å²) in [7, 11) is 0. The number of aromatic nitrogens is 2. The molecule has 0 fully saturated rings. The van der Waals surface area contributed by atoms with E-state index < -0.39 is 0 Å². The number of nitrogen functional groups attached to an aromatic ring is 1. The normalized spacial score (nSPS) is 10.6. The van der Waals surface area contributed by atoms with Crippen LogP contribution in [-0.4, -0.2) is 9.97 Å². The zero-order valence-electron chi connectivity index (χ0n) is 10.1. The van der Waals surface area contributed by atoms with Crippen molar-refractivity contribution in [3.05, 3.63) is 33.2 Å². The van der Waals surface area contributed by atoms with E-state index in [4.69, 9.17) is 17.3 Å². The molecule has 0 radical (unpaired) electrons. The highest BCUT2D eigenvalue weighted by Gasteiger charge is 2.03. The Labute approximate surface area is 115 Å². The Balaban J connectivity index is 2.04. The maximum absolute atomic E-state index is 5.88. The predicted molar refractivity (Wildman–Crippen MR) is 77.1 cm³/mol. The molecule has 2 rings (SSSR count). The molecule has 0 amide bonds. The van der Waals surface area contributed by atoms with Crippen LogP contribution in [0.2, 0.25) is 4.34 Å². The van der Waals surface area contributed by atoms with E-state index in [0.717, 1.165) is 33.7 Å². The zero-order valence-corrected chi connectivity index (χ0v) is 11.7. The third kappa shape index (κ3) is 3.58. The van der Waals surface area contributed by atoms with Crippen LogP contribution < -0.4 is 11.1 Å². The first kappa shape index (κ1) is 13.1. The third-order valence-corrected chi connectivity index (χ3v) is 3.57. The molecule has 0 spiro atoms. The summed E-state index contributed by atoms with van der Waals surface area (Å²) in [6.45, 7) is 2.78. The average molecular weight is 283 g/mol. The summed E-state index contributed by atoms with van der Waals surface area (Å²) in [6, 6.07) is 5.63. The molecule has 0 aromatic carbocycles. The minimum absolute atomic E-state index is 0.500. The van der Waals surface area contributed by atoms with E-state index >= 15 is 0 Å². The Morgan fingerprint density at radius 3 is 2.89 bits per heavy atom. The molecule has 2 aromatic heterocycles. The second-order valence-corrected chi connectivity index (χ2v) is 5.70. The van der Waals surface area contributed by atoms with Crippen LogP contribution in [0.25, 0.3) is 0 Å². The second-order valence-electron chi connectivity index (χ2n) is 3.90. The summed E-state index contributed by atoms with van der Waals surface area (Å²) in [5, 5.41) is 3.23. The van der Waals surface area contributed by atoms with Crippen LogP contribution in [0.1, 0.15) is 24.0 Å². The monoisotopic (exact) mass is 282 g/mol. The van der Waals surface area contributed by atoms with Gasteiger partial charge in [0, 0.05) is 17.4 Å². The van der Waals surface area contributed by atoms with E-state index in [9.17, 15) is 0 Å². The van der Waals surface area contributed by atoms with Gasteiger partial charge in [0.05, 0.1) is 10.9 Å². The van der Waals surface area contributed by atoms with Gasteiger partial charge in [-0.05, 0) is 18.6 Å². The lowest BCUT2D eigenvalue weighted by Crippen LogP contribution is -2.05. The van der Waals surface area contributed by atoms with Gasteiger partial charge in [-0.15, -0.1) is 11.3 Å². The zero-order chi connectivity index (χ0) is 13.0. The van der Waals surface area contributed by atoms with Crippen LogP contribution in [0.4, 0.5) is 11.6 Å². The van der Waals surface area contributed by atoms with Gasteiger partial charge in [-0.2, -0.15) is 0 Å². The van der Waals surface area contributed by atoms with Crippen LogP contribution in [0.3, 0.4) is 0 Å². The number of nitrogens with zero attached hydrogens (tertiary/aromatic N) is 2. The second kappa shape index (κ2) is 6.02. The maximum atomic E-state index is 5.88. The fourth-order valence-electron chi connectivity index (χ4n) is 1.57. The minimum atomic E-state index is 0.500. The molecule has 6 heteroatoms. The lowest BCUT2D eigenvalue weighted by molar-refractivity contribution is 0.837. The van der Waals surface area contributed by atoms with Crippen LogP contribution in [-0.2, 0) is 13.0 Å². The van der Waals surface area contributed by atoms with Gasteiger partial charge in [0.1, 0.15) is 17.5 Å². The topological polar surface area (TPSA) is 63.8 Å². The van der Waals surface area contributed by atoms with Crippen molar-refractivity contribution < 1.29 is 0 Å². The van der Waals surface area contributed by atoms with Gasteiger partial charge in [-0.25, -0.2) is 9.97 Å². The standard InChI is InChI=1S/C12H15ClN4S/c1-2-3-11-16-10(14)6-12(17-11)15-7-8-4-5-9(13)18-8/h4-6H,2-3,7H2,1H3,(H3,14,15,16,17). The van der Waals surface area contributed by atoms with Gasteiger partial charge in [0.25, 0.3) is 0 Å². The van der Waals surface area contributed by atoms with Crippen molar-refractivity contribution in [2.45, 2.75) is 26.3 Å². The van der Waals surface area contributed by atoms with E-state index in [-0.39, 0.29) is 0 Å². The molecule has 0 aliphatic carbocycles. The quantitative estimate of drug-likeness (QED) is 0.883. The Bertz CT molecular complexity index is 527. The first-order valence-electron chi connectivity index (χ1n) is 5.79. The molecule has 2 aromatic rings. The van der Waals surface area contributed by atoms with Crippen LogP contribution >= 0.6 is 22.9 Å². The van der Waals surface area contributed by atoms with E-state index in [1.807, 2.05) is 12.1 Å². The van der Waals surface area contributed by atoms with Gasteiger partial charge < -0.3 is 11.1 Å². The number of aryl methyl sites for hydroxylation is 1. The third-order valence-electron chi connectivity index (χ3n) is 2.34. The Morgan fingerprint density at radius 2 is 2.22 bits per heavy atom. The molecular weight excluding hydrogens is 268 g/mol. The Hall–Kier alpha value is -1.33. The molecule has 2 heterocycles. The molecule has 0 aliphatic rings. The molecule has 0 atom stereocenters.